The van der Waals surface area contributed by atoms with Crippen LogP contribution in [0.5, 0.6) is 0 Å². The number of amidine groups is 1. The molecule has 1 aliphatic rings. The van der Waals surface area contributed by atoms with Gasteiger partial charge >= 0.3 is 0 Å². The van der Waals surface area contributed by atoms with Crippen molar-refractivity contribution in [2.45, 2.75) is 18.9 Å². The molecule has 28 heavy (non-hydrogen) atoms. The third kappa shape index (κ3) is 4.07. The van der Waals surface area contributed by atoms with Gasteiger partial charge in [0.25, 0.3) is 0 Å². The lowest BCUT2D eigenvalue weighted by Gasteiger charge is -2.30. The number of carbonyl (C=O) groups excluding carboxylic acids is 1. The fourth-order valence-electron chi connectivity index (χ4n) is 3.22. The first-order valence-corrected chi connectivity index (χ1v) is 10.2. The molecule has 0 saturated heterocycles. The smallest absolute Gasteiger partial charge is 0.185 e. The van der Waals surface area contributed by atoms with Gasteiger partial charge in [-0.3, -0.25) is 14.8 Å². The van der Waals surface area contributed by atoms with Crippen molar-refractivity contribution in [2.75, 3.05) is 11.5 Å². The summed E-state index contributed by atoms with van der Waals surface area (Å²) in [5, 5.41) is 8.79. The van der Waals surface area contributed by atoms with Crippen molar-refractivity contribution in [1.29, 1.82) is 5.26 Å². The molecule has 1 aromatic heterocycles. The predicted molar refractivity (Wildman–Crippen MR) is 101 cm³/mol. The molecular weight excluding hydrogens is 383 g/mol. The van der Waals surface area contributed by atoms with Gasteiger partial charge in [0.1, 0.15) is 34.7 Å². The summed E-state index contributed by atoms with van der Waals surface area (Å²) in [5.41, 5.74) is 5.36. The summed E-state index contributed by atoms with van der Waals surface area (Å²) in [7, 11) is -3.52. The van der Waals surface area contributed by atoms with E-state index in [1.807, 2.05) is 6.07 Å². The number of hydrogen-bond donors (Lipinski definition) is 1. The van der Waals surface area contributed by atoms with Crippen LogP contribution in [0.15, 0.2) is 41.5 Å². The van der Waals surface area contributed by atoms with E-state index in [-0.39, 0.29) is 40.8 Å². The molecule has 7 nitrogen and oxygen atoms in total. The molecule has 0 unspecified atom stereocenters. The Kier molecular flexibility index (Phi) is 5.00. The SMILES string of the molecule is C[C@@]1(c2cc(CC(=O)c3ccc(C#N)cn3)ccc2F)CS(=O)(=O)CC(N)=N1. The summed E-state index contributed by atoms with van der Waals surface area (Å²) < 4.78 is 38.7. The lowest BCUT2D eigenvalue weighted by molar-refractivity contribution is 0.0988. The second-order valence-corrected chi connectivity index (χ2v) is 8.93. The van der Waals surface area contributed by atoms with E-state index in [2.05, 4.69) is 9.98 Å². The van der Waals surface area contributed by atoms with Gasteiger partial charge in [-0.15, -0.1) is 0 Å². The summed E-state index contributed by atoms with van der Waals surface area (Å²) in [4.78, 5) is 20.6. The van der Waals surface area contributed by atoms with Crippen molar-refractivity contribution in [3.05, 3.63) is 64.7 Å². The Hall–Kier alpha value is -3.12. The zero-order chi connectivity index (χ0) is 20.5. The van der Waals surface area contributed by atoms with Gasteiger partial charge in [0, 0.05) is 18.2 Å². The lowest BCUT2D eigenvalue weighted by Crippen LogP contribution is -2.42. The number of aliphatic imine (C=N–C) groups is 1. The molecule has 2 N–H and O–H groups in total. The van der Waals surface area contributed by atoms with Gasteiger partial charge in [0.2, 0.25) is 0 Å². The van der Waals surface area contributed by atoms with Crippen molar-refractivity contribution in [3.8, 4) is 6.07 Å². The molecule has 2 heterocycles. The summed E-state index contributed by atoms with van der Waals surface area (Å²) in [5.74, 6) is -1.73. The Morgan fingerprint density at radius 2 is 2.11 bits per heavy atom. The highest BCUT2D eigenvalue weighted by atomic mass is 32.2. The number of Topliss-reactive ketones (excluding diaryl/α,β-unsaturated/α-hetero) is 1. The highest BCUT2D eigenvalue weighted by Gasteiger charge is 2.39. The van der Waals surface area contributed by atoms with Crippen LogP contribution in [-0.2, 0) is 21.8 Å². The number of nitriles is 1. The normalized spacial score (nSPS) is 20.8. The highest BCUT2D eigenvalue weighted by molar-refractivity contribution is 7.92. The van der Waals surface area contributed by atoms with Crippen LogP contribution in [0.2, 0.25) is 0 Å². The van der Waals surface area contributed by atoms with Gasteiger partial charge in [-0.1, -0.05) is 6.07 Å². The summed E-state index contributed by atoms with van der Waals surface area (Å²) in [6.07, 6.45) is 1.24. The lowest BCUT2D eigenvalue weighted by atomic mass is 9.91. The van der Waals surface area contributed by atoms with Crippen molar-refractivity contribution in [2.24, 2.45) is 10.7 Å². The highest BCUT2D eigenvalue weighted by Crippen LogP contribution is 2.33. The van der Waals surface area contributed by atoms with Crippen LogP contribution in [0.3, 0.4) is 0 Å². The standard InChI is InChI=1S/C19H17FN4O3S/c1-19(11-28(26,27)10-18(22)24-19)14-6-12(2-4-15(14)20)7-17(25)16-5-3-13(8-21)9-23-16/h2-6,9H,7,10-11H2,1H3,(H2,22,24)/t19-/m0/s1. The third-order valence-corrected chi connectivity index (χ3v) is 6.15. The van der Waals surface area contributed by atoms with Crippen LogP contribution in [0.25, 0.3) is 0 Å². The van der Waals surface area contributed by atoms with Gasteiger partial charge in [-0.05, 0) is 36.8 Å². The first-order chi connectivity index (χ1) is 13.1. The summed E-state index contributed by atoms with van der Waals surface area (Å²) in [6.45, 7) is 1.50. The van der Waals surface area contributed by atoms with Crippen LogP contribution < -0.4 is 5.73 Å². The van der Waals surface area contributed by atoms with E-state index in [0.717, 1.165) is 0 Å². The van der Waals surface area contributed by atoms with E-state index >= 15 is 0 Å². The van der Waals surface area contributed by atoms with Gasteiger partial charge in [-0.2, -0.15) is 5.26 Å². The van der Waals surface area contributed by atoms with E-state index in [1.54, 1.807) is 0 Å². The Balaban J connectivity index is 1.92. The second kappa shape index (κ2) is 7.13. The minimum absolute atomic E-state index is 0.0613. The Morgan fingerprint density at radius 1 is 1.36 bits per heavy atom. The van der Waals surface area contributed by atoms with Crippen molar-refractivity contribution >= 4 is 21.5 Å². The molecule has 3 rings (SSSR count). The number of sulfone groups is 1. The summed E-state index contributed by atoms with van der Waals surface area (Å²) in [6, 6.07) is 8.93. The number of benzene rings is 1. The number of pyridine rings is 1. The minimum atomic E-state index is -3.52. The average Bonchev–Trinajstić information content (AvgIpc) is 2.61. The molecule has 1 atom stereocenters. The molecule has 144 valence electrons. The van der Waals surface area contributed by atoms with E-state index in [4.69, 9.17) is 11.0 Å². The van der Waals surface area contributed by atoms with Gasteiger partial charge in [0.05, 0.1) is 11.3 Å². The number of ketones is 1. The van der Waals surface area contributed by atoms with Crippen LogP contribution in [0.1, 0.15) is 34.1 Å². The molecule has 0 amide bonds. The van der Waals surface area contributed by atoms with Crippen molar-refractivity contribution in [1.82, 2.24) is 4.98 Å². The topological polar surface area (TPSA) is 126 Å². The zero-order valence-electron chi connectivity index (χ0n) is 15.0. The van der Waals surface area contributed by atoms with Crippen LogP contribution >= 0.6 is 0 Å². The van der Waals surface area contributed by atoms with Crippen LogP contribution in [0.4, 0.5) is 4.39 Å². The molecule has 1 aliphatic heterocycles. The van der Waals surface area contributed by atoms with Gasteiger partial charge < -0.3 is 5.73 Å². The zero-order valence-corrected chi connectivity index (χ0v) is 15.8. The van der Waals surface area contributed by atoms with Crippen molar-refractivity contribution < 1.29 is 17.6 Å². The molecule has 9 heteroatoms. The Morgan fingerprint density at radius 3 is 2.71 bits per heavy atom. The van der Waals surface area contributed by atoms with Crippen molar-refractivity contribution in [3.63, 3.8) is 0 Å². The third-order valence-electron chi connectivity index (χ3n) is 4.41. The summed E-state index contributed by atoms with van der Waals surface area (Å²) >= 11 is 0. The van der Waals surface area contributed by atoms with Gasteiger partial charge in [-0.25, -0.2) is 12.8 Å². The molecule has 0 aliphatic carbocycles. The largest absolute Gasteiger partial charge is 0.387 e. The number of carbonyl (C=O) groups is 1. The number of nitrogens with two attached hydrogens (primary N) is 1. The second-order valence-electron chi connectivity index (χ2n) is 6.87. The molecule has 0 bridgehead atoms. The molecule has 0 spiro atoms. The molecule has 0 fully saturated rings. The maximum absolute atomic E-state index is 14.5. The Labute approximate surface area is 161 Å². The van der Waals surface area contributed by atoms with Crippen LogP contribution in [0, 0.1) is 17.1 Å². The fraction of sp³-hybridized carbons (Fsp3) is 0.263. The Bertz CT molecular complexity index is 1120. The quantitative estimate of drug-likeness (QED) is 0.776. The molecular formula is C19H17FN4O3S. The molecule has 1 aromatic carbocycles. The monoisotopic (exact) mass is 400 g/mol. The molecule has 0 saturated carbocycles. The first-order valence-electron chi connectivity index (χ1n) is 8.35. The minimum Gasteiger partial charge on any atom is -0.387 e. The van der Waals surface area contributed by atoms with E-state index in [0.29, 0.717) is 11.1 Å². The maximum atomic E-state index is 14.5. The van der Waals surface area contributed by atoms with Crippen LogP contribution in [-0.4, -0.2) is 36.5 Å². The fourth-order valence-corrected chi connectivity index (χ4v) is 4.91. The molecule has 2 aromatic rings. The van der Waals surface area contributed by atoms with Gasteiger partial charge in [0.15, 0.2) is 15.6 Å². The maximum Gasteiger partial charge on any atom is 0.185 e. The van der Waals surface area contributed by atoms with E-state index in [1.165, 1.54) is 43.5 Å². The van der Waals surface area contributed by atoms with E-state index < -0.39 is 21.2 Å². The number of hydrogen-bond acceptors (Lipinski definition) is 7. The average molecular weight is 400 g/mol. The number of aromatic nitrogens is 1. The number of halogens is 1. The molecule has 0 radical (unpaired) electrons. The van der Waals surface area contributed by atoms with E-state index in [9.17, 15) is 17.6 Å². The number of rotatable bonds is 4. The predicted octanol–water partition coefficient (Wildman–Crippen LogP) is 1.52. The number of nitrogens with zero attached hydrogens (tertiary/aromatic N) is 3. The first kappa shape index (κ1) is 19.6.